The van der Waals surface area contributed by atoms with Crippen LogP contribution in [0.15, 0.2) is 170 Å². The number of nitrogens with zero attached hydrogens (tertiary/aromatic N) is 4. The third-order valence-corrected chi connectivity index (χ3v) is 10.6. The predicted octanol–water partition coefficient (Wildman–Crippen LogP) is 12.0. The molecule has 7 aromatic carbocycles. The van der Waals surface area contributed by atoms with Gasteiger partial charge in [-0.15, -0.1) is 11.3 Å². The lowest BCUT2D eigenvalue weighted by atomic mass is 9.99. The number of benzene rings is 7. The van der Waals surface area contributed by atoms with Crippen molar-refractivity contribution >= 4 is 53.3 Å². The van der Waals surface area contributed by atoms with Crippen molar-refractivity contribution in [3.63, 3.8) is 0 Å². The van der Waals surface area contributed by atoms with Gasteiger partial charge in [0.15, 0.2) is 17.5 Å². The van der Waals surface area contributed by atoms with Crippen molar-refractivity contribution < 1.29 is 0 Å². The molecule has 0 bridgehead atoms. The van der Waals surface area contributed by atoms with Gasteiger partial charge in [-0.1, -0.05) is 121 Å². The van der Waals surface area contributed by atoms with E-state index in [9.17, 15) is 0 Å². The Morgan fingerprint density at radius 2 is 0.960 bits per heavy atom. The van der Waals surface area contributed by atoms with Gasteiger partial charge in [0.1, 0.15) is 0 Å². The molecule has 3 aromatic heterocycles. The molecule has 0 unspecified atom stereocenters. The summed E-state index contributed by atoms with van der Waals surface area (Å²) in [6.45, 7) is 0. The smallest absolute Gasteiger partial charge is 0.164 e. The van der Waals surface area contributed by atoms with Crippen LogP contribution in [0.3, 0.4) is 0 Å². The SMILES string of the molecule is c1ccc(-c2nc(-c3ccccc3)nc(-c3cccc4c3c3cc(-c5ccc6sc7ccccc7c6c5)ccc3n4-c3ccccc3)n2)cc1. The van der Waals surface area contributed by atoms with Gasteiger partial charge in [0.25, 0.3) is 0 Å². The molecule has 0 saturated heterocycles. The van der Waals surface area contributed by atoms with Crippen molar-refractivity contribution in [3.05, 3.63) is 170 Å². The quantitative estimate of drug-likeness (QED) is 0.185. The van der Waals surface area contributed by atoms with Crippen LogP contribution in [0.5, 0.6) is 0 Å². The molecule has 0 saturated carbocycles. The van der Waals surface area contributed by atoms with Gasteiger partial charge >= 0.3 is 0 Å². The minimum absolute atomic E-state index is 0.645. The fourth-order valence-electron chi connectivity index (χ4n) is 7.13. The third-order valence-electron chi connectivity index (χ3n) is 9.45. The Kier molecular flexibility index (Phi) is 6.64. The monoisotopic (exact) mass is 656 g/mol. The lowest BCUT2D eigenvalue weighted by Crippen LogP contribution is -2.00. The Hall–Kier alpha value is -6.43. The fourth-order valence-corrected chi connectivity index (χ4v) is 8.21. The van der Waals surface area contributed by atoms with Gasteiger partial charge in [-0.05, 0) is 59.7 Å². The zero-order valence-electron chi connectivity index (χ0n) is 26.9. The summed E-state index contributed by atoms with van der Waals surface area (Å²) >= 11 is 1.85. The molecule has 234 valence electrons. The highest BCUT2D eigenvalue weighted by Gasteiger charge is 2.20. The molecule has 4 nitrogen and oxygen atoms in total. The van der Waals surface area contributed by atoms with Crippen molar-refractivity contribution in [1.82, 2.24) is 19.5 Å². The second kappa shape index (κ2) is 11.6. The van der Waals surface area contributed by atoms with Crippen LogP contribution in [0.4, 0.5) is 0 Å². The fraction of sp³-hybridized carbons (Fsp3) is 0. The summed E-state index contributed by atoms with van der Waals surface area (Å²) in [5, 5.41) is 4.86. The molecule has 0 aliphatic carbocycles. The Morgan fingerprint density at radius 3 is 1.68 bits per heavy atom. The Morgan fingerprint density at radius 1 is 0.380 bits per heavy atom. The van der Waals surface area contributed by atoms with Gasteiger partial charge in [-0.3, -0.25) is 0 Å². The highest BCUT2D eigenvalue weighted by atomic mass is 32.1. The van der Waals surface area contributed by atoms with E-state index in [1.54, 1.807) is 0 Å². The molecule has 0 amide bonds. The Labute approximate surface area is 292 Å². The van der Waals surface area contributed by atoms with Crippen LogP contribution in [-0.2, 0) is 0 Å². The van der Waals surface area contributed by atoms with Gasteiger partial charge in [0.05, 0.1) is 11.0 Å². The molecule has 10 rings (SSSR count). The molecule has 3 heterocycles. The summed E-state index contributed by atoms with van der Waals surface area (Å²) in [5.41, 5.74) is 8.57. The van der Waals surface area contributed by atoms with Crippen LogP contribution in [0.25, 0.3) is 93.0 Å². The number of hydrogen-bond acceptors (Lipinski definition) is 4. The first-order chi connectivity index (χ1) is 24.8. The van der Waals surface area contributed by atoms with E-state index in [-0.39, 0.29) is 0 Å². The summed E-state index contributed by atoms with van der Waals surface area (Å²) in [5.74, 6) is 1.94. The molecule has 50 heavy (non-hydrogen) atoms. The van der Waals surface area contributed by atoms with Crippen LogP contribution < -0.4 is 0 Å². The molecule has 10 aromatic rings. The van der Waals surface area contributed by atoms with E-state index in [1.807, 2.05) is 47.7 Å². The molecular formula is C45H28N4S. The van der Waals surface area contributed by atoms with Crippen molar-refractivity contribution in [2.24, 2.45) is 0 Å². The number of rotatable bonds is 5. The zero-order valence-corrected chi connectivity index (χ0v) is 27.7. The maximum Gasteiger partial charge on any atom is 0.164 e. The molecule has 0 aliphatic rings. The lowest BCUT2D eigenvalue weighted by molar-refractivity contribution is 1.08. The molecule has 0 aliphatic heterocycles. The van der Waals surface area contributed by atoms with E-state index in [1.165, 1.54) is 31.3 Å². The molecule has 0 N–H and O–H groups in total. The number of fused-ring (bicyclic) bond motifs is 6. The van der Waals surface area contributed by atoms with Crippen molar-refractivity contribution in [2.45, 2.75) is 0 Å². The van der Waals surface area contributed by atoms with Gasteiger partial charge in [-0.25, -0.2) is 15.0 Å². The van der Waals surface area contributed by atoms with E-state index in [2.05, 4.69) is 138 Å². The largest absolute Gasteiger partial charge is 0.309 e. The van der Waals surface area contributed by atoms with Gasteiger partial charge in [0.2, 0.25) is 0 Å². The van der Waals surface area contributed by atoms with E-state index >= 15 is 0 Å². The van der Waals surface area contributed by atoms with Gasteiger partial charge in [0, 0.05) is 53.3 Å². The minimum Gasteiger partial charge on any atom is -0.309 e. The van der Waals surface area contributed by atoms with E-state index < -0.39 is 0 Å². The van der Waals surface area contributed by atoms with Gasteiger partial charge < -0.3 is 4.57 Å². The average Bonchev–Trinajstić information content (AvgIpc) is 3.74. The second-order valence-electron chi connectivity index (χ2n) is 12.5. The summed E-state index contributed by atoms with van der Waals surface area (Å²) < 4.78 is 4.97. The predicted molar refractivity (Wildman–Crippen MR) is 209 cm³/mol. The highest BCUT2D eigenvalue weighted by Crippen LogP contribution is 2.41. The molecule has 0 radical (unpaired) electrons. The average molecular weight is 657 g/mol. The summed E-state index contributed by atoms with van der Waals surface area (Å²) in [4.78, 5) is 15.3. The first kappa shape index (κ1) is 28.6. The van der Waals surface area contributed by atoms with E-state index in [0.29, 0.717) is 17.5 Å². The maximum atomic E-state index is 5.15. The van der Waals surface area contributed by atoms with Gasteiger partial charge in [-0.2, -0.15) is 0 Å². The van der Waals surface area contributed by atoms with Crippen molar-refractivity contribution in [1.29, 1.82) is 0 Å². The van der Waals surface area contributed by atoms with Crippen LogP contribution in [0, 0.1) is 0 Å². The van der Waals surface area contributed by atoms with Crippen LogP contribution in [-0.4, -0.2) is 19.5 Å². The molecule has 0 spiro atoms. The normalized spacial score (nSPS) is 11.6. The summed E-state index contributed by atoms with van der Waals surface area (Å²) in [6, 6.07) is 59.7. The van der Waals surface area contributed by atoms with Crippen LogP contribution in [0.1, 0.15) is 0 Å². The maximum absolute atomic E-state index is 5.15. The first-order valence-electron chi connectivity index (χ1n) is 16.7. The number of thiophene rings is 1. The number of aromatic nitrogens is 4. The topological polar surface area (TPSA) is 43.6 Å². The molecule has 0 fully saturated rings. The van der Waals surface area contributed by atoms with E-state index in [4.69, 9.17) is 15.0 Å². The summed E-state index contributed by atoms with van der Waals surface area (Å²) in [6.07, 6.45) is 0. The molecule has 5 heteroatoms. The third kappa shape index (κ3) is 4.71. The Bertz CT molecular complexity index is 2800. The minimum atomic E-state index is 0.645. The zero-order chi connectivity index (χ0) is 33.0. The van der Waals surface area contributed by atoms with Crippen LogP contribution >= 0.6 is 11.3 Å². The second-order valence-corrected chi connectivity index (χ2v) is 13.5. The summed E-state index contributed by atoms with van der Waals surface area (Å²) in [7, 11) is 0. The van der Waals surface area contributed by atoms with Crippen molar-refractivity contribution in [2.75, 3.05) is 0 Å². The first-order valence-corrected chi connectivity index (χ1v) is 17.5. The highest BCUT2D eigenvalue weighted by molar-refractivity contribution is 7.25. The Balaban J connectivity index is 1.25. The number of hydrogen-bond donors (Lipinski definition) is 0. The van der Waals surface area contributed by atoms with Crippen LogP contribution in [0.2, 0.25) is 0 Å². The lowest BCUT2D eigenvalue weighted by Gasteiger charge is -2.10. The molecular weight excluding hydrogens is 629 g/mol. The van der Waals surface area contributed by atoms with E-state index in [0.717, 1.165) is 44.2 Å². The standard InChI is InChI=1S/C45H28N4S/c1-4-13-29(14-5-1)43-46-44(30-15-6-2-7-16-30)48-45(47-43)35-20-12-21-39-42(35)37-28-31(23-25-38(37)49(39)33-17-8-3-9-18-33)32-24-26-41-36(27-32)34-19-10-11-22-40(34)50-41/h1-28H. The van der Waals surface area contributed by atoms with Crippen molar-refractivity contribution in [3.8, 4) is 51.0 Å². The molecule has 0 atom stereocenters. The number of para-hydroxylation sites is 1.